The van der Waals surface area contributed by atoms with Gasteiger partial charge in [0.05, 0.1) is 12.1 Å². The number of rotatable bonds is 4. The first-order chi connectivity index (χ1) is 7.29. The Morgan fingerprint density at radius 1 is 1.53 bits per heavy atom. The number of pyridine rings is 1. The lowest BCUT2D eigenvalue weighted by atomic mass is 10.2. The lowest BCUT2D eigenvalue weighted by Gasteiger charge is -2.08. The maximum atomic E-state index is 4.39. The molecular weight excluding hydrogens is 188 g/mol. The Bertz CT molecular complexity index is 402. The van der Waals surface area contributed by atoms with E-state index in [4.69, 9.17) is 0 Å². The van der Waals surface area contributed by atoms with E-state index in [9.17, 15) is 0 Å². The van der Waals surface area contributed by atoms with Crippen LogP contribution in [0, 0.1) is 0 Å². The maximum Gasteiger partial charge on any atom is 0.177 e. The summed E-state index contributed by atoms with van der Waals surface area (Å²) in [6, 6.07) is 4.42. The van der Waals surface area contributed by atoms with Gasteiger partial charge in [-0.05, 0) is 25.5 Å². The van der Waals surface area contributed by atoms with Gasteiger partial charge in [-0.15, -0.1) is 0 Å². The molecule has 0 radical (unpaired) electrons. The number of aromatic nitrogens is 3. The molecule has 2 aromatic rings. The summed E-state index contributed by atoms with van der Waals surface area (Å²) in [6.45, 7) is 5.10. The third kappa shape index (κ3) is 2.33. The van der Waals surface area contributed by atoms with Gasteiger partial charge in [0.25, 0.3) is 0 Å². The zero-order valence-corrected chi connectivity index (χ0v) is 9.12. The van der Waals surface area contributed by atoms with Crippen molar-refractivity contribution in [1.29, 1.82) is 0 Å². The monoisotopic (exact) mass is 204 g/mol. The minimum absolute atomic E-state index is 0.520. The van der Waals surface area contributed by atoms with E-state index in [1.165, 1.54) is 0 Å². The van der Waals surface area contributed by atoms with Crippen molar-refractivity contribution < 1.29 is 0 Å². The number of aromatic amines is 1. The number of nitrogens with one attached hydrogen (secondary N) is 2. The smallest absolute Gasteiger partial charge is 0.177 e. The summed E-state index contributed by atoms with van der Waals surface area (Å²) >= 11 is 0. The SMILES string of the molecule is CCC(C)NCc1nc2ncccc2[nH]1. The van der Waals surface area contributed by atoms with E-state index in [0.29, 0.717) is 6.04 Å². The van der Waals surface area contributed by atoms with Crippen molar-refractivity contribution in [2.45, 2.75) is 32.9 Å². The summed E-state index contributed by atoms with van der Waals surface area (Å²) < 4.78 is 0. The normalized spacial score (nSPS) is 13.2. The van der Waals surface area contributed by atoms with Crippen molar-refractivity contribution in [3.05, 3.63) is 24.2 Å². The second-order valence-electron chi connectivity index (χ2n) is 3.75. The number of nitrogens with zero attached hydrogens (tertiary/aromatic N) is 2. The molecular formula is C11H16N4. The van der Waals surface area contributed by atoms with E-state index in [1.807, 2.05) is 12.1 Å². The van der Waals surface area contributed by atoms with Crippen LogP contribution < -0.4 is 5.32 Å². The molecule has 0 bridgehead atoms. The second-order valence-corrected chi connectivity index (χ2v) is 3.75. The highest BCUT2D eigenvalue weighted by molar-refractivity contribution is 5.69. The molecule has 15 heavy (non-hydrogen) atoms. The van der Waals surface area contributed by atoms with E-state index in [1.54, 1.807) is 6.20 Å². The molecule has 2 aromatic heterocycles. The van der Waals surface area contributed by atoms with Gasteiger partial charge in [0, 0.05) is 12.2 Å². The minimum Gasteiger partial charge on any atom is -0.340 e. The van der Waals surface area contributed by atoms with Crippen LogP contribution in [0.25, 0.3) is 11.2 Å². The minimum atomic E-state index is 0.520. The quantitative estimate of drug-likeness (QED) is 0.799. The van der Waals surface area contributed by atoms with Crippen LogP contribution in [-0.2, 0) is 6.54 Å². The van der Waals surface area contributed by atoms with Gasteiger partial charge in [-0.1, -0.05) is 6.92 Å². The summed E-state index contributed by atoms with van der Waals surface area (Å²) in [4.78, 5) is 11.8. The van der Waals surface area contributed by atoms with Crippen LogP contribution in [0.5, 0.6) is 0 Å². The van der Waals surface area contributed by atoms with Crippen LogP contribution in [0.15, 0.2) is 18.3 Å². The highest BCUT2D eigenvalue weighted by atomic mass is 15.0. The molecule has 0 fully saturated rings. The number of imidazole rings is 1. The van der Waals surface area contributed by atoms with Crippen molar-refractivity contribution in [2.24, 2.45) is 0 Å². The topological polar surface area (TPSA) is 53.6 Å². The Balaban J connectivity index is 2.09. The molecule has 0 aliphatic heterocycles. The van der Waals surface area contributed by atoms with E-state index in [-0.39, 0.29) is 0 Å². The van der Waals surface area contributed by atoms with Crippen LogP contribution in [0.2, 0.25) is 0 Å². The lowest BCUT2D eigenvalue weighted by molar-refractivity contribution is 0.525. The van der Waals surface area contributed by atoms with Crippen molar-refractivity contribution in [3.63, 3.8) is 0 Å². The summed E-state index contributed by atoms with van der Waals surface area (Å²) in [5.74, 6) is 0.948. The number of hydrogen-bond donors (Lipinski definition) is 2. The van der Waals surface area contributed by atoms with Crippen molar-refractivity contribution in [1.82, 2.24) is 20.3 Å². The van der Waals surface area contributed by atoms with Crippen molar-refractivity contribution in [2.75, 3.05) is 0 Å². The largest absolute Gasteiger partial charge is 0.340 e. The predicted molar refractivity (Wildman–Crippen MR) is 60.5 cm³/mol. The highest BCUT2D eigenvalue weighted by Gasteiger charge is 2.03. The summed E-state index contributed by atoms with van der Waals surface area (Å²) in [5.41, 5.74) is 1.79. The van der Waals surface area contributed by atoms with E-state index >= 15 is 0 Å². The van der Waals surface area contributed by atoms with Crippen molar-refractivity contribution in [3.8, 4) is 0 Å². The van der Waals surface area contributed by atoms with Crippen LogP contribution in [0.4, 0.5) is 0 Å². The molecule has 2 rings (SSSR count). The molecule has 0 aliphatic rings. The molecule has 0 aliphatic carbocycles. The van der Waals surface area contributed by atoms with E-state index < -0.39 is 0 Å². The number of hydrogen-bond acceptors (Lipinski definition) is 3. The fraction of sp³-hybridized carbons (Fsp3) is 0.455. The first-order valence-corrected chi connectivity index (χ1v) is 5.32. The average molecular weight is 204 g/mol. The summed E-state index contributed by atoms with van der Waals surface area (Å²) in [7, 11) is 0. The molecule has 4 heteroatoms. The van der Waals surface area contributed by atoms with Gasteiger partial charge in [0.2, 0.25) is 0 Å². The fourth-order valence-electron chi connectivity index (χ4n) is 1.39. The molecule has 1 unspecified atom stereocenters. The summed E-state index contributed by atoms with van der Waals surface area (Å²) in [5, 5.41) is 3.39. The molecule has 2 N–H and O–H groups in total. The first-order valence-electron chi connectivity index (χ1n) is 5.32. The van der Waals surface area contributed by atoms with E-state index in [2.05, 4.69) is 34.1 Å². The molecule has 0 aromatic carbocycles. The Morgan fingerprint density at radius 2 is 2.40 bits per heavy atom. The first kappa shape index (κ1) is 10.1. The Morgan fingerprint density at radius 3 is 3.13 bits per heavy atom. The van der Waals surface area contributed by atoms with E-state index in [0.717, 1.165) is 30.0 Å². The van der Waals surface area contributed by atoms with Gasteiger partial charge in [-0.2, -0.15) is 0 Å². The number of H-pyrrole nitrogens is 1. The molecule has 80 valence electrons. The van der Waals surface area contributed by atoms with Gasteiger partial charge in [0.1, 0.15) is 5.82 Å². The van der Waals surface area contributed by atoms with Gasteiger partial charge < -0.3 is 10.3 Å². The molecule has 0 saturated heterocycles. The van der Waals surface area contributed by atoms with Gasteiger partial charge in [0.15, 0.2) is 5.65 Å². The fourth-order valence-corrected chi connectivity index (χ4v) is 1.39. The van der Waals surface area contributed by atoms with Crippen LogP contribution >= 0.6 is 0 Å². The zero-order chi connectivity index (χ0) is 10.7. The molecule has 0 spiro atoms. The van der Waals surface area contributed by atoms with Crippen LogP contribution in [0.3, 0.4) is 0 Å². The zero-order valence-electron chi connectivity index (χ0n) is 9.12. The lowest BCUT2D eigenvalue weighted by Crippen LogP contribution is -2.24. The van der Waals surface area contributed by atoms with Gasteiger partial charge in [-0.25, -0.2) is 9.97 Å². The molecule has 4 nitrogen and oxygen atoms in total. The van der Waals surface area contributed by atoms with Crippen molar-refractivity contribution >= 4 is 11.2 Å². The average Bonchev–Trinajstić information content (AvgIpc) is 2.68. The molecule has 1 atom stereocenters. The molecule has 2 heterocycles. The maximum absolute atomic E-state index is 4.39. The third-order valence-electron chi connectivity index (χ3n) is 2.54. The standard InChI is InChI=1S/C11H16N4/c1-3-8(2)13-7-10-14-9-5-4-6-12-11(9)15-10/h4-6,8,13H,3,7H2,1-2H3,(H,12,14,15). The third-order valence-corrected chi connectivity index (χ3v) is 2.54. The predicted octanol–water partition coefficient (Wildman–Crippen LogP) is 1.85. The Kier molecular flexibility index (Phi) is 2.97. The second kappa shape index (κ2) is 4.40. The van der Waals surface area contributed by atoms with Gasteiger partial charge >= 0.3 is 0 Å². The summed E-state index contributed by atoms with van der Waals surface area (Å²) in [6.07, 6.45) is 2.88. The van der Waals surface area contributed by atoms with Crippen LogP contribution in [-0.4, -0.2) is 21.0 Å². The highest BCUT2D eigenvalue weighted by Crippen LogP contribution is 2.07. The Hall–Kier alpha value is -1.42. The Labute approximate surface area is 89.1 Å². The molecule has 0 amide bonds. The van der Waals surface area contributed by atoms with Gasteiger partial charge in [-0.3, -0.25) is 0 Å². The van der Waals surface area contributed by atoms with Crippen LogP contribution in [0.1, 0.15) is 26.1 Å². The number of fused-ring (bicyclic) bond motifs is 1. The molecule has 0 saturated carbocycles.